The average Bonchev–Trinajstić information content (AvgIpc) is 2.30. The highest BCUT2D eigenvalue weighted by Crippen LogP contribution is 2.35. The molecule has 1 aromatic rings. The van der Waals surface area contributed by atoms with Gasteiger partial charge in [-0.05, 0) is 31.4 Å². The standard InChI is InChI=1S/C14H15ClFNO3/c15-10-3-1-4-11(16)9(10)7-12(18)17-14(5-2-6-14)8-13(19)20/h1,3-4H,2,5-8H2,(H,17,18)(H,19,20). The Morgan fingerprint density at radius 1 is 1.40 bits per heavy atom. The molecule has 1 saturated carbocycles. The van der Waals surface area contributed by atoms with Crippen molar-refractivity contribution < 1.29 is 19.1 Å². The van der Waals surface area contributed by atoms with Crippen molar-refractivity contribution in [3.05, 3.63) is 34.6 Å². The number of hydrogen-bond acceptors (Lipinski definition) is 2. The van der Waals surface area contributed by atoms with E-state index in [4.69, 9.17) is 16.7 Å². The summed E-state index contributed by atoms with van der Waals surface area (Å²) in [6, 6.07) is 4.23. The summed E-state index contributed by atoms with van der Waals surface area (Å²) in [5.74, 6) is -1.89. The van der Waals surface area contributed by atoms with E-state index in [0.717, 1.165) is 6.42 Å². The van der Waals surface area contributed by atoms with Gasteiger partial charge < -0.3 is 10.4 Å². The minimum Gasteiger partial charge on any atom is -0.481 e. The lowest BCUT2D eigenvalue weighted by atomic mass is 9.74. The Labute approximate surface area is 120 Å². The molecule has 2 N–H and O–H groups in total. The van der Waals surface area contributed by atoms with Gasteiger partial charge in [0.1, 0.15) is 5.82 Å². The Morgan fingerprint density at radius 2 is 2.10 bits per heavy atom. The van der Waals surface area contributed by atoms with Gasteiger partial charge in [-0.2, -0.15) is 0 Å². The van der Waals surface area contributed by atoms with Crippen molar-refractivity contribution in [1.29, 1.82) is 0 Å². The van der Waals surface area contributed by atoms with Gasteiger partial charge in [-0.15, -0.1) is 0 Å². The Kier molecular flexibility index (Phi) is 4.28. The summed E-state index contributed by atoms with van der Waals surface area (Å²) >= 11 is 5.86. The molecule has 0 radical (unpaired) electrons. The van der Waals surface area contributed by atoms with E-state index in [0.29, 0.717) is 12.8 Å². The fourth-order valence-corrected chi connectivity index (χ4v) is 2.67. The van der Waals surface area contributed by atoms with Gasteiger partial charge >= 0.3 is 5.97 Å². The number of nitrogens with one attached hydrogen (secondary N) is 1. The summed E-state index contributed by atoms with van der Waals surface area (Å²) in [6.07, 6.45) is 1.86. The summed E-state index contributed by atoms with van der Waals surface area (Å²) in [7, 11) is 0. The molecule has 2 rings (SSSR count). The third-order valence-electron chi connectivity index (χ3n) is 3.60. The van der Waals surface area contributed by atoms with Gasteiger partial charge in [0, 0.05) is 10.6 Å². The highest BCUT2D eigenvalue weighted by molar-refractivity contribution is 6.31. The summed E-state index contributed by atoms with van der Waals surface area (Å²) in [5.41, 5.74) is -0.544. The van der Waals surface area contributed by atoms with Crippen molar-refractivity contribution in [2.24, 2.45) is 0 Å². The van der Waals surface area contributed by atoms with Crippen molar-refractivity contribution in [1.82, 2.24) is 5.32 Å². The van der Waals surface area contributed by atoms with Gasteiger partial charge in [-0.1, -0.05) is 17.7 Å². The molecule has 1 aliphatic rings. The Hall–Kier alpha value is -1.62. The monoisotopic (exact) mass is 299 g/mol. The smallest absolute Gasteiger partial charge is 0.305 e. The Balaban J connectivity index is 2.04. The highest BCUT2D eigenvalue weighted by atomic mass is 35.5. The van der Waals surface area contributed by atoms with Crippen LogP contribution in [0.2, 0.25) is 5.02 Å². The van der Waals surface area contributed by atoms with Crippen LogP contribution < -0.4 is 5.32 Å². The Morgan fingerprint density at radius 3 is 2.60 bits per heavy atom. The van der Waals surface area contributed by atoms with E-state index in [1.807, 2.05) is 0 Å². The zero-order chi connectivity index (χ0) is 14.8. The van der Waals surface area contributed by atoms with Gasteiger partial charge in [0.15, 0.2) is 0 Å². The first-order chi connectivity index (χ1) is 9.42. The first-order valence-corrected chi connectivity index (χ1v) is 6.75. The van der Waals surface area contributed by atoms with Crippen LogP contribution in [-0.4, -0.2) is 22.5 Å². The van der Waals surface area contributed by atoms with Crippen molar-refractivity contribution in [2.45, 2.75) is 37.6 Å². The number of carbonyl (C=O) groups is 2. The van der Waals surface area contributed by atoms with Crippen LogP contribution in [0.1, 0.15) is 31.2 Å². The predicted octanol–water partition coefficient (Wildman–Crippen LogP) is 2.54. The molecule has 1 aliphatic carbocycles. The molecule has 6 heteroatoms. The molecule has 108 valence electrons. The van der Waals surface area contributed by atoms with Gasteiger partial charge in [0.05, 0.1) is 18.4 Å². The second-order valence-corrected chi connectivity index (χ2v) is 5.54. The van der Waals surface area contributed by atoms with Crippen LogP contribution in [0.5, 0.6) is 0 Å². The maximum absolute atomic E-state index is 13.6. The fraction of sp³-hybridized carbons (Fsp3) is 0.429. The topological polar surface area (TPSA) is 66.4 Å². The molecular weight excluding hydrogens is 285 g/mol. The van der Waals surface area contributed by atoms with E-state index in [2.05, 4.69) is 5.32 Å². The fourth-order valence-electron chi connectivity index (χ4n) is 2.44. The number of hydrogen-bond donors (Lipinski definition) is 2. The molecule has 0 spiro atoms. The van der Waals surface area contributed by atoms with Crippen molar-refractivity contribution in [3.8, 4) is 0 Å². The van der Waals surface area contributed by atoms with E-state index in [-0.39, 0.29) is 23.4 Å². The summed E-state index contributed by atoms with van der Waals surface area (Å²) < 4.78 is 13.6. The first kappa shape index (κ1) is 14.8. The number of benzene rings is 1. The van der Waals surface area contributed by atoms with Gasteiger partial charge in [-0.25, -0.2) is 4.39 Å². The maximum atomic E-state index is 13.6. The minimum absolute atomic E-state index is 0.107. The first-order valence-electron chi connectivity index (χ1n) is 6.38. The number of carboxylic acid groups (broad SMARTS) is 1. The SMILES string of the molecule is O=C(O)CC1(NC(=O)Cc2c(F)cccc2Cl)CCC1. The Bertz CT molecular complexity index is 523. The molecule has 4 nitrogen and oxygen atoms in total. The third-order valence-corrected chi connectivity index (χ3v) is 3.96. The molecule has 20 heavy (non-hydrogen) atoms. The quantitative estimate of drug-likeness (QED) is 0.878. The number of aliphatic carboxylic acids is 1. The second-order valence-electron chi connectivity index (χ2n) is 5.13. The van der Waals surface area contributed by atoms with Crippen LogP contribution in [0.15, 0.2) is 18.2 Å². The van der Waals surface area contributed by atoms with Gasteiger partial charge in [0.25, 0.3) is 0 Å². The predicted molar refractivity (Wildman–Crippen MR) is 72.1 cm³/mol. The highest BCUT2D eigenvalue weighted by Gasteiger charge is 2.40. The van der Waals surface area contributed by atoms with Crippen LogP contribution in [0.25, 0.3) is 0 Å². The molecule has 0 bridgehead atoms. The number of carbonyl (C=O) groups excluding carboxylic acids is 1. The van der Waals surface area contributed by atoms with Crippen LogP contribution in [0, 0.1) is 5.82 Å². The number of carboxylic acids is 1. The second kappa shape index (κ2) is 5.79. The van der Waals surface area contributed by atoms with Crippen LogP contribution >= 0.6 is 11.6 Å². The molecule has 0 heterocycles. The number of rotatable bonds is 5. The van der Waals surface area contributed by atoms with E-state index < -0.39 is 23.2 Å². The summed E-state index contributed by atoms with van der Waals surface area (Å²) in [5, 5.41) is 11.8. The van der Waals surface area contributed by atoms with E-state index in [9.17, 15) is 14.0 Å². The molecule has 0 aliphatic heterocycles. The minimum atomic E-state index is -0.950. The van der Waals surface area contributed by atoms with Crippen LogP contribution in [0.3, 0.4) is 0 Å². The summed E-state index contributed by atoms with van der Waals surface area (Å²) in [6.45, 7) is 0. The lowest BCUT2D eigenvalue weighted by Crippen LogP contribution is -2.55. The number of halogens is 2. The zero-order valence-electron chi connectivity index (χ0n) is 10.8. The van der Waals surface area contributed by atoms with E-state index >= 15 is 0 Å². The molecule has 1 aromatic carbocycles. The third kappa shape index (κ3) is 3.28. The van der Waals surface area contributed by atoms with Crippen LogP contribution in [-0.2, 0) is 16.0 Å². The molecular formula is C14H15ClFNO3. The lowest BCUT2D eigenvalue weighted by Gasteiger charge is -2.41. The summed E-state index contributed by atoms with van der Waals surface area (Å²) in [4.78, 5) is 22.8. The zero-order valence-corrected chi connectivity index (χ0v) is 11.5. The normalized spacial score (nSPS) is 16.3. The van der Waals surface area contributed by atoms with Crippen molar-refractivity contribution >= 4 is 23.5 Å². The molecule has 0 unspecified atom stereocenters. The molecule has 1 fully saturated rings. The van der Waals surface area contributed by atoms with Gasteiger partial charge in [-0.3, -0.25) is 9.59 Å². The lowest BCUT2D eigenvalue weighted by molar-refractivity contribution is -0.140. The van der Waals surface area contributed by atoms with Gasteiger partial charge in [0.2, 0.25) is 5.91 Å². The van der Waals surface area contributed by atoms with Crippen molar-refractivity contribution in [3.63, 3.8) is 0 Å². The molecule has 0 saturated heterocycles. The van der Waals surface area contributed by atoms with Crippen LogP contribution in [0.4, 0.5) is 4.39 Å². The van der Waals surface area contributed by atoms with E-state index in [1.165, 1.54) is 18.2 Å². The number of amides is 1. The average molecular weight is 300 g/mol. The molecule has 0 aromatic heterocycles. The van der Waals surface area contributed by atoms with E-state index in [1.54, 1.807) is 0 Å². The largest absolute Gasteiger partial charge is 0.481 e. The van der Waals surface area contributed by atoms with Crippen molar-refractivity contribution in [2.75, 3.05) is 0 Å². The maximum Gasteiger partial charge on any atom is 0.305 e. The molecule has 0 atom stereocenters. The molecule has 1 amide bonds.